The van der Waals surface area contributed by atoms with Crippen molar-refractivity contribution < 1.29 is 19.4 Å². The summed E-state index contributed by atoms with van der Waals surface area (Å²) in [6.45, 7) is 2.39. The van der Waals surface area contributed by atoms with Crippen LogP contribution in [-0.4, -0.2) is 27.0 Å². The summed E-state index contributed by atoms with van der Waals surface area (Å²) >= 11 is 21.2. The molecule has 0 radical (unpaired) electrons. The number of rotatable bonds is 9. The molecule has 1 aliphatic heterocycles. The average molecular weight is 709 g/mol. The number of Topliss-reactive ketones (excluding diaryl/α,β-unsaturated/α-hetero) is 1. The van der Waals surface area contributed by atoms with Gasteiger partial charge in [0.1, 0.15) is 18.1 Å². The Hall–Kier alpha value is -3.86. The number of aryl methyl sites for hydroxylation is 1. The van der Waals surface area contributed by atoms with Gasteiger partial charge in [-0.15, -0.1) is 10.2 Å². The van der Waals surface area contributed by atoms with Gasteiger partial charge in [-0.3, -0.25) is 14.5 Å². The molecule has 1 aromatic heterocycles. The quantitative estimate of drug-likeness (QED) is 0.0537. The summed E-state index contributed by atoms with van der Waals surface area (Å²) < 4.78 is 6.51. The highest BCUT2D eigenvalue weighted by molar-refractivity contribution is 8.00. The van der Waals surface area contributed by atoms with E-state index in [-0.39, 0.29) is 21.5 Å². The Morgan fingerprint density at radius 1 is 0.913 bits per heavy atom. The van der Waals surface area contributed by atoms with Gasteiger partial charge in [0.15, 0.2) is 4.34 Å². The van der Waals surface area contributed by atoms with Crippen LogP contribution in [0.25, 0.3) is 5.76 Å². The molecule has 0 spiro atoms. The van der Waals surface area contributed by atoms with Gasteiger partial charge in [-0.25, -0.2) is 0 Å². The lowest BCUT2D eigenvalue weighted by molar-refractivity contribution is -0.132. The number of hydrogen-bond donors (Lipinski definition) is 1. The predicted molar refractivity (Wildman–Crippen MR) is 184 cm³/mol. The third-order valence-electron chi connectivity index (χ3n) is 7.20. The fraction of sp³-hybridized carbons (Fsp3) is 0.118. The number of carbonyl (C=O) groups excluding carboxylic acids is 2. The molecule has 2 heterocycles. The van der Waals surface area contributed by atoms with Gasteiger partial charge in [0.2, 0.25) is 5.13 Å². The smallest absolute Gasteiger partial charge is 0.301 e. The molecule has 232 valence electrons. The molecule has 1 N–H and O–H groups in total. The average Bonchev–Trinajstić information content (AvgIpc) is 3.62. The number of hydrogen-bond acceptors (Lipinski definition) is 8. The molecule has 46 heavy (non-hydrogen) atoms. The number of ketones is 1. The minimum absolute atomic E-state index is 0.109. The van der Waals surface area contributed by atoms with Crippen LogP contribution in [0.2, 0.25) is 15.1 Å². The third kappa shape index (κ3) is 6.94. The van der Waals surface area contributed by atoms with Crippen molar-refractivity contribution in [1.82, 2.24) is 10.2 Å². The van der Waals surface area contributed by atoms with Gasteiger partial charge in [-0.05, 0) is 72.1 Å². The normalized spacial score (nSPS) is 15.8. The van der Waals surface area contributed by atoms with E-state index in [9.17, 15) is 14.7 Å². The zero-order valence-electron chi connectivity index (χ0n) is 24.1. The number of anilines is 1. The van der Waals surface area contributed by atoms with E-state index in [2.05, 4.69) is 10.2 Å². The fourth-order valence-electron chi connectivity index (χ4n) is 4.94. The van der Waals surface area contributed by atoms with Crippen molar-refractivity contribution in [1.29, 1.82) is 0 Å². The summed E-state index contributed by atoms with van der Waals surface area (Å²) in [5, 5.41) is 21.4. The largest absolute Gasteiger partial charge is 0.507 e. The molecule has 0 saturated carbocycles. The standard InChI is InChI=1S/C34H24Cl3N3O4S2/c1-19-3-2-4-21(15-19)17-44-25-12-7-22(8-13-25)30(41)28-29(23-9-14-26(36)27(37)16-23)40(32(43)31(28)42)33-38-39-34(46-33)45-18-20-5-10-24(35)11-6-20/h2-16,29,41H,17-18H2,1H3/b30-28+. The van der Waals surface area contributed by atoms with Crippen LogP contribution in [0, 0.1) is 6.92 Å². The Kier molecular flexibility index (Phi) is 9.67. The first-order valence-corrected chi connectivity index (χ1v) is 16.9. The third-order valence-corrected chi connectivity index (χ3v) is 10.3. The maximum absolute atomic E-state index is 13.6. The van der Waals surface area contributed by atoms with Gasteiger partial charge in [0.25, 0.3) is 5.78 Å². The van der Waals surface area contributed by atoms with E-state index in [0.29, 0.717) is 43.6 Å². The van der Waals surface area contributed by atoms with Crippen molar-refractivity contribution in [2.45, 2.75) is 29.7 Å². The van der Waals surface area contributed by atoms with E-state index in [0.717, 1.165) is 16.7 Å². The Labute approximate surface area is 288 Å². The van der Waals surface area contributed by atoms with Crippen molar-refractivity contribution in [2.24, 2.45) is 0 Å². The first kappa shape index (κ1) is 32.1. The molecule has 0 aliphatic carbocycles. The molecule has 1 saturated heterocycles. The molecule has 12 heteroatoms. The van der Waals surface area contributed by atoms with Crippen molar-refractivity contribution in [3.05, 3.63) is 139 Å². The number of amides is 1. The highest BCUT2D eigenvalue weighted by Gasteiger charge is 2.48. The molecule has 1 fully saturated rings. The van der Waals surface area contributed by atoms with Crippen LogP contribution >= 0.6 is 57.9 Å². The molecule has 6 rings (SSSR count). The van der Waals surface area contributed by atoms with Crippen molar-refractivity contribution in [2.75, 3.05) is 4.90 Å². The van der Waals surface area contributed by atoms with Crippen LogP contribution < -0.4 is 9.64 Å². The van der Waals surface area contributed by atoms with Crippen LogP contribution in [0.3, 0.4) is 0 Å². The molecule has 1 atom stereocenters. The highest BCUT2D eigenvalue weighted by atomic mass is 35.5. The second-order valence-electron chi connectivity index (χ2n) is 10.4. The number of thioether (sulfide) groups is 1. The summed E-state index contributed by atoms with van der Waals surface area (Å²) in [6.07, 6.45) is 0. The molecule has 5 aromatic rings. The van der Waals surface area contributed by atoms with Gasteiger partial charge in [-0.2, -0.15) is 0 Å². The Morgan fingerprint density at radius 3 is 2.39 bits per heavy atom. The zero-order valence-corrected chi connectivity index (χ0v) is 28.0. The van der Waals surface area contributed by atoms with Crippen LogP contribution in [0.5, 0.6) is 5.75 Å². The van der Waals surface area contributed by atoms with Gasteiger partial charge in [-0.1, -0.05) is 106 Å². The van der Waals surface area contributed by atoms with Gasteiger partial charge in [0.05, 0.1) is 21.7 Å². The number of aliphatic hydroxyl groups excluding tert-OH is 1. The summed E-state index contributed by atoms with van der Waals surface area (Å²) in [6, 6.07) is 25.9. The Bertz CT molecular complexity index is 1960. The Balaban J connectivity index is 1.31. The van der Waals surface area contributed by atoms with Crippen LogP contribution in [0.4, 0.5) is 5.13 Å². The molecule has 1 amide bonds. The van der Waals surface area contributed by atoms with E-state index in [4.69, 9.17) is 39.5 Å². The summed E-state index contributed by atoms with van der Waals surface area (Å²) in [7, 11) is 0. The number of ether oxygens (including phenoxy) is 1. The fourth-order valence-corrected chi connectivity index (χ4v) is 7.20. The molecule has 0 bridgehead atoms. The molecule has 1 unspecified atom stereocenters. The van der Waals surface area contributed by atoms with E-state index < -0.39 is 17.7 Å². The first-order chi connectivity index (χ1) is 22.2. The summed E-state index contributed by atoms with van der Waals surface area (Å²) in [5.41, 5.74) is 3.89. The number of nitrogens with zero attached hydrogens (tertiary/aromatic N) is 3. The maximum Gasteiger partial charge on any atom is 0.301 e. The zero-order chi connectivity index (χ0) is 32.4. The lowest BCUT2D eigenvalue weighted by Gasteiger charge is -2.23. The molecule has 7 nitrogen and oxygen atoms in total. The number of halogens is 3. The predicted octanol–water partition coefficient (Wildman–Crippen LogP) is 9.30. The minimum atomic E-state index is -1.03. The molecular weight excluding hydrogens is 685 g/mol. The van der Waals surface area contributed by atoms with E-state index >= 15 is 0 Å². The van der Waals surface area contributed by atoms with Crippen LogP contribution in [0.1, 0.15) is 33.9 Å². The first-order valence-electron chi connectivity index (χ1n) is 13.9. The SMILES string of the molecule is Cc1cccc(COc2ccc(/C(O)=C3\C(=O)C(=O)N(c4nnc(SCc5ccc(Cl)cc5)s4)C3c3ccc(Cl)c(Cl)c3)cc2)c1. The highest BCUT2D eigenvalue weighted by Crippen LogP contribution is 2.45. The van der Waals surface area contributed by atoms with Gasteiger partial charge in [0, 0.05) is 16.3 Å². The minimum Gasteiger partial charge on any atom is -0.507 e. The summed E-state index contributed by atoms with van der Waals surface area (Å²) in [4.78, 5) is 28.4. The lowest BCUT2D eigenvalue weighted by Crippen LogP contribution is -2.29. The Morgan fingerprint density at radius 2 is 1.67 bits per heavy atom. The van der Waals surface area contributed by atoms with Crippen molar-refractivity contribution in [3.63, 3.8) is 0 Å². The number of carbonyl (C=O) groups is 2. The lowest BCUT2D eigenvalue weighted by atomic mass is 9.95. The number of benzene rings is 4. The maximum atomic E-state index is 13.6. The molecule has 4 aromatic carbocycles. The number of aliphatic hydroxyl groups is 1. The van der Waals surface area contributed by atoms with Gasteiger partial charge >= 0.3 is 5.91 Å². The van der Waals surface area contributed by atoms with Crippen molar-refractivity contribution in [3.8, 4) is 5.75 Å². The van der Waals surface area contributed by atoms with Crippen LogP contribution in [-0.2, 0) is 21.9 Å². The van der Waals surface area contributed by atoms with Gasteiger partial charge < -0.3 is 9.84 Å². The second kappa shape index (κ2) is 13.9. The number of aromatic nitrogens is 2. The van der Waals surface area contributed by atoms with Crippen LogP contribution in [0.15, 0.2) is 101 Å². The second-order valence-corrected chi connectivity index (χ2v) is 13.8. The van der Waals surface area contributed by atoms with E-state index in [1.807, 2.05) is 55.5 Å². The summed E-state index contributed by atoms with van der Waals surface area (Å²) in [5.74, 6) is -0.868. The monoisotopic (exact) mass is 707 g/mol. The van der Waals surface area contributed by atoms with E-state index in [1.54, 1.807) is 42.5 Å². The molecule has 1 aliphatic rings. The topological polar surface area (TPSA) is 92.6 Å². The molecular formula is C34H24Cl3N3O4S2. The van der Waals surface area contributed by atoms with E-state index in [1.165, 1.54) is 28.0 Å². The van der Waals surface area contributed by atoms with Crippen molar-refractivity contribution >= 4 is 80.5 Å².